The number of hydrogen-bond acceptors (Lipinski definition) is 5. The van der Waals surface area contributed by atoms with Crippen molar-refractivity contribution in [1.29, 1.82) is 0 Å². The Morgan fingerprint density at radius 1 is 1.35 bits per heavy atom. The van der Waals surface area contributed by atoms with E-state index in [1.165, 1.54) is 10.7 Å². The van der Waals surface area contributed by atoms with Gasteiger partial charge in [-0.2, -0.15) is 5.10 Å². The van der Waals surface area contributed by atoms with E-state index >= 15 is 0 Å². The summed E-state index contributed by atoms with van der Waals surface area (Å²) in [5.41, 5.74) is -0.000364. The first kappa shape index (κ1) is 19.0. The number of hydrogen-bond donors (Lipinski definition) is 2. The number of carbonyl (C=O) groups excluding carboxylic acids is 1. The number of ether oxygens (including phenoxy) is 1. The van der Waals surface area contributed by atoms with E-state index in [4.69, 9.17) is 4.74 Å². The largest absolute Gasteiger partial charge is 0.444 e. The third-order valence-electron chi connectivity index (χ3n) is 2.91. The van der Waals surface area contributed by atoms with E-state index in [1.54, 1.807) is 6.20 Å². The molecular formula is C16H28N4O3. The third-order valence-corrected chi connectivity index (χ3v) is 2.91. The summed E-state index contributed by atoms with van der Waals surface area (Å²) in [5, 5.41) is 9.83. The van der Waals surface area contributed by atoms with Crippen LogP contribution in [0.25, 0.3) is 0 Å². The maximum Gasteiger partial charge on any atom is 0.407 e. The number of nitrogens with one attached hydrogen (secondary N) is 2. The Bertz CT molecular complexity index is 561. The summed E-state index contributed by atoms with van der Waals surface area (Å²) in [5.74, 6) is 0.528. The highest BCUT2D eigenvalue weighted by molar-refractivity contribution is 5.67. The van der Waals surface area contributed by atoms with Crippen LogP contribution in [0.1, 0.15) is 41.0 Å². The van der Waals surface area contributed by atoms with Crippen molar-refractivity contribution in [2.75, 3.05) is 18.4 Å². The minimum absolute atomic E-state index is 0.129. The van der Waals surface area contributed by atoms with Crippen LogP contribution in [0.2, 0.25) is 0 Å². The predicted octanol–water partition coefficient (Wildman–Crippen LogP) is 2.23. The Labute approximate surface area is 137 Å². The first-order chi connectivity index (χ1) is 10.7. The average Bonchev–Trinajstić information content (AvgIpc) is 2.40. The molecule has 7 heteroatoms. The molecule has 0 bridgehead atoms. The molecule has 0 spiro atoms. The van der Waals surface area contributed by atoms with Gasteiger partial charge in [-0.1, -0.05) is 13.8 Å². The zero-order chi connectivity index (χ0) is 17.5. The summed E-state index contributed by atoms with van der Waals surface area (Å²) < 4.78 is 6.59. The van der Waals surface area contributed by atoms with Gasteiger partial charge < -0.3 is 15.4 Å². The summed E-state index contributed by atoms with van der Waals surface area (Å²) in [6.07, 6.45) is 2.08. The molecule has 7 nitrogen and oxygen atoms in total. The van der Waals surface area contributed by atoms with Crippen molar-refractivity contribution in [3.8, 4) is 0 Å². The molecule has 2 N–H and O–H groups in total. The smallest absolute Gasteiger partial charge is 0.407 e. The number of carbonyl (C=O) groups is 1. The maximum atomic E-state index is 11.9. The molecule has 1 heterocycles. The second-order valence-corrected chi connectivity index (χ2v) is 6.84. The highest BCUT2D eigenvalue weighted by atomic mass is 16.6. The van der Waals surface area contributed by atoms with Crippen LogP contribution in [-0.4, -0.2) is 34.6 Å². The molecule has 0 aromatic carbocycles. The van der Waals surface area contributed by atoms with Crippen molar-refractivity contribution in [3.05, 3.63) is 22.6 Å². The molecule has 0 radical (unpaired) electrons. The Hall–Kier alpha value is -2.05. The molecule has 130 valence electrons. The number of alkyl carbamates (subject to hydrolysis) is 1. The lowest BCUT2D eigenvalue weighted by molar-refractivity contribution is 0.0530. The molecule has 0 aliphatic carbocycles. The molecule has 1 aromatic heterocycles. The SMILES string of the molecule is CC(C)CCn1ncc(NCCNC(=O)OC(C)(C)C)cc1=O. The van der Waals surface area contributed by atoms with E-state index in [9.17, 15) is 9.59 Å². The topological polar surface area (TPSA) is 85.2 Å². The highest BCUT2D eigenvalue weighted by Crippen LogP contribution is 2.06. The molecule has 0 aliphatic rings. The lowest BCUT2D eigenvalue weighted by Gasteiger charge is -2.19. The van der Waals surface area contributed by atoms with Gasteiger partial charge in [0.05, 0.1) is 11.9 Å². The van der Waals surface area contributed by atoms with Crippen molar-refractivity contribution in [2.45, 2.75) is 53.2 Å². The van der Waals surface area contributed by atoms with Crippen molar-refractivity contribution in [1.82, 2.24) is 15.1 Å². The lowest BCUT2D eigenvalue weighted by Crippen LogP contribution is -2.35. The molecule has 0 atom stereocenters. The number of amides is 1. The second kappa shape index (κ2) is 8.55. The highest BCUT2D eigenvalue weighted by Gasteiger charge is 2.15. The van der Waals surface area contributed by atoms with E-state index in [-0.39, 0.29) is 5.56 Å². The first-order valence-electron chi connectivity index (χ1n) is 7.95. The van der Waals surface area contributed by atoms with E-state index in [0.717, 1.165) is 6.42 Å². The van der Waals surface area contributed by atoms with Gasteiger partial charge in [-0.15, -0.1) is 0 Å². The monoisotopic (exact) mass is 324 g/mol. The van der Waals surface area contributed by atoms with Crippen molar-refractivity contribution in [3.63, 3.8) is 0 Å². The zero-order valence-electron chi connectivity index (χ0n) is 14.7. The fraction of sp³-hybridized carbons (Fsp3) is 0.688. The fourth-order valence-electron chi connectivity index (χ4n) is 1.76. The van der Waals surface area contributed by atoms with Crippen LogP contribution in [0.4, 0.5) is 10.5 Å². The normalized spacial score (nSPS) is 11.4. The van der Waals surface area contributed by atoms with Crippen molar-refractivity contribution < 1.29 is 9.53 Å². The number of aromatic nitrogens is 2. The van der Waals surface area contributed by atoms with Crippen molar-refractivity contribution >= 4 is 11.8 Å². The predicted molar refractivity (Wildman–Crippen MR) is 90.7 cm³/mol. The number of aryl methyl sites for hydroxylation is 1. The van der Waals surface area contributed by atoms with Crippen LogP contribution in [0.5, 0.6) is 0 Å². The van der Waals surface area contributed by atoms with Crippen LogP contribution < -0.4 is 16.2 Å². The Morgan fingerprint density at radius 2 is 2.04 bits per heavy atom. The summed E-state index contributed by atoms with van der Waals surface area (Å²) in [7, 11) is 0. The van der Waals surface area contributed by atoms with Gasteiger partial charge in [0.15, 0.2) is 0 Å². The molecule has 0 aliphatic heterocycles. The van der Waals surface area contributed by atoms with E-state index in [0.29, 0.717) is 31.2 Å². The summed E-state index contributed by atoms with van der Waals surface area (Å²) in [4.78, 5) is 23.4. The summed E-state index contributed by atoms with van der Waals surface area (Å²) in [6, 6.07) is 1.51. The van der Waals surface area contributed by atoms with Crippen LogP contribution >= 0.6 is 0 Å². The quantitative estimate of drug-likeness (QED) is 0.751. The molecule has 1 rings (SSSR count). The van der Waals surface area contributed by atoms with Gasteiger partial charge in [0, 0.05) is 25.7 Å². The van der Waals surface area contributed by atoms with E-state index in [1.807, 2.05) is 20.8 Å². The van der Waals surface area contributed by atoms with Crippen LogP contribution in [0.3, 0.4) is 0 Å². The number of nitrogens with zero attached hydrogens (tertiary/aromatic N) is 2. The second-order valence-electron chi connectivity index (χ2n) is 6.84. The molecule has 1 amide bonds. The van der Waals surface area contributed by atoms with Gasteiger partial charge >= 0.3 is 6.09 Å². The van der Waals surface area contributed by atoms with E-state index < -0.39 is 11.7 Å². The molecule has 1 aromatic rings. The minimum atomic E-state index is -0.512. The molecule has 0 saturated carbocycles. The number of anilines is 1. The Morgan fingerprint density at radius 3 is 2.61 bits per heavy atom. The van der Waals surface area contributed by atoms with Gasteiger partial charge in [0.25, 0.3) is 5.56 Å². The molecule has 0 unspecified atom stereocenters. The summed E-state index contributed by atoms with van der Waals surface area (Å²) in [6.45, 7) is 11.1. The Balaban J connectivity index is 2.37. The van der Waals surface area contributed by atoms with Gasteiger partial charge in [-0.3, -0.25) is 4.79 Å². The standard InChI is InChI=1S/C16H28N4O3/c1-12(2)6-9-20-14(21)10-13(11-19-20)17-7-8-18-15(22)23-16(3,4)5/h10-12,17H,6-9H2,1-5H3,(H,18,22). The first-order valence-corrected chi connectivity index (χ1v) is 7.95. The fourth-order valence-corrected chi connectivity index (χ4v) is 1.76. The van der Waals surface area contributed by atoms with Gasteiger partial charge in [0.1, 0.15) is 5.60 Å². The van der Waals surface area contributed by atoms with Crippen LogP contribution in [-0.2, 0) is 11.3 Å². The molecule has 23 heavy (non-hydrogen) atoms. The summed E-state index contributed by atoms with van der Waals surface area (Å²) >= 11 is 0. The van der Waals surface area contributed by atoms with Gasteiger partial charge in [0.2, 0.25) is 0 Å². The molecule has 0 fully saturated rings. The van der Waals surface area contributed by atoms with Crippen molar-refractivity contribution in [2.24, 2.45) is 5.92 Å². The van der Waals surface area contributed by atoms with Gasteiger partial charge in [-0.25, -0.2) is 9.48 Å². The Kier molecular flexibility index (Phi) is 7.06. The number of rotatable bonds is 7. The maximum absolute atomic E-state index is 11.9. The lowest BCUT2D eigenvalue weighted by atomic mass is 10.1. The van der Waals surface area contributed by atoms with E-state index in [2.05, 4.69) is 29.6 Å². The van der Waals surface area contributed by atoms with Crippen LogP contribution in [0, 0.1) is 5.92 Å². The molecular weight excluding hydrogens is 296 g/mol. The average molecular weight is 324 g/mol. The molecule has 0 saturated heterocycles. The van der Waals surface area contributed by atoms with Gasteiger partial charge in [-0.05, 0) is 33.1 Å². The minimum Gasteiger partial charge on any atom is -0.444 e. The van der Waals surface area contributed by atoms with Crippen LogP contribution in [0.15, 0.2) is 17.1 Å². The zero-order valence-corrected chi connectivity index (χ0v) is 14.7. The third kappa shape index (κ3) is 8.23.